The molecule has 0 bridgehead atoms. The molecule has 0 radical (unpaired) electrons. The topological polar surface area (TPSA) is 98.9 Å². The SMILES string of the molecule is COc1cc(O)c(C(=O)Cc2ccc([N+](=O)[O-])cc2)c(OC)c1. The number of phenolic OH excluding ortho intramolecular Hbond substituents is 1. The number of methoxy groups -OCH3 is 2. The zero-order valence-corrected chi connectivity index (χ0v) is 12.6. The molecule has 2 aromatic rings. The average Bonchev–Trinajstić information content (AvgIpc) is 2.54. The third kappa shape index (κ3) is 3.57. The Bertz CT molecular complexity index is 739. The molecular formula is C16H15NO6. The number of ether oxygens (including phenoxy) is 2. The number of hydrogen-bond donors (Lipinski definition) is 1. The second-order valence-corrected chi connectivity index (χ2v) is 4.75. The molecule has 0 amide bonds. The molecule has 2 aromatic carbocycles. The maximum Gasteiger partial charge on any atom is 0.269 e. The highest BCUT2D eigenvalue weighted by Gasteiger charge is 2.19. The van der Waals surface area contributed by atoms with Crippen molar-refractivity contribution in [3.63, 3.8) is 0 Å². The van der Waals surface area contributed by atoms with Crippen molar-refractivity contribution in [1.29, 1.82) is 0 Å². The van der Waals surface area contributed by atoms with Crippen molar-refractivity contribution < 1.29 is 24.3 Å². The van der Waals surface area contributed by atoms with E-state index >= 15 is 0 Å². The van der Waals surface area contributed by atoms with Crippen LogP contribution in [0.15, 0.2) is 36.4 Å². The fraction of sp³-hybridized carbons (Fsp3) is 0.188. The van der Waals surface area contributed by atoms with Gasteiger partial charge in [-0.05, 0) is 5.56 Å². The van der Waals surface area contributed by atoms with Crippen LogP contribution in [-0.4, -0.2) is 30.0 Å². The lowest BCUT2D eigenvalue weighted by atomic mass is 10.0. The van der Waals surface area contributed by atoms with Crippen LogP contribution in [0, 0.1) is 10.1 Å². The zero-order valence-electron chi connectivity index (χ0n) is 12.6. The lowest BCUT2D eigenvalue weighted by Gasteiger charge is -2.11. The van der Waals surface area contributed by atoms with Gasteiger partial charge in [-0.1, -0.05) is 12.1 Å². The average molecular weight is 317 g/mol. The molecule has 0 unspecified atom stereocenters. The van der Waals surface area contributed by atoms with E-state index in [0.717, 1.165) is 0 Å². The van der Waals surface area contributed by atoms with Crippen LogP contribution < -0.4 is 9.47 Å². The van der Waals surface area contributed by atoms with Gasteiger partial charge in [0, 0.05) is 30.7 Å². The molecule has 0 atom stereocenters. The van der Waals surface area contributed by atoms with E-state index in [0.29, 0.717) is 11.3 Å². The molecule has 2 rings (SSSR count). The number of nitro groups is 1. The molecule has 0 saturated heterocycles. The molecule has 1 N–H and O–H groups in total. The summed E-state index contributed by atoms with van der Waals surface area (Å²) >= 11 is 0. The minimum absolute atomic E-state index is 0.0196. The highest BCUT2D eigenvalue weighted by atomic mass is 16.6. The Morgan fingerprint density at radius 3 is 2.35 bits per heavy atom. The lowest BCUT2D eigenvalue weighted by molar-refractivity contribution is -0.384. The summed E-state index contributed by atoms with van der Waals surface area (Å²) < 4.78 is 10.1. The second-order valence-electron chi connectivity index (χ2n) is 4.75. The van der Waals surface area contributed by atoms with Gasteiger partial charge >= 0.3 is 0 Å². The highest BCUT2D eigenvalue weighted by molar-refractivity contribution is 6.02. The molecule has 0 saturated carbocycles. The number of aromatic hydroxyl groups is 1. The minimum atomic E-state index is -0.510. The number of ketones is 1. The number of hydrogen-bond acceptors (Lipinski definition) is 6. The first-order chi connectivity index (χ1) is 11.0. The molecule has 0 heterocycles. The highest BCUT2D eigenvalue weighted by Crippen LogP contribution is 2.34. The van der Waals surface area contributed by atoms with E-state index < -0.39 is 4.92 Å². The summed E-state index contributed by atoms with van der Waals surface area (Å²) in [4.78, 5) is 22.5. The van der Waals surface area contributed by atoms with Gasteiger partial charge in [0.15, 0.2) is 5.78 Å². The second kappa shape index (κ2) is 6.78. The van der Waals surface area contributed by atoms with Crippen LogP contribution in [0.3, 0.4) is 0 Å². The van der Waals surface area contributed by atoms with Crippen molar-refractivity contribution in [2.75, 3.05) is 14.2 Å². The van der Waals surface area contributed by atoms with E-state index in [9.17, 15) is 20.0 Å². The predicted molar refractivity (Wildman–Crippen MR) is 82.3 cm³/mol. The summed E-state index contributed by atoms with van der Waals surface area (Å²) in [6, 6.07) is 8.49. The largest absolute Gasteiger partial charge is 0.507 e. The van der Waals surface area contributed by atoms with Crippen molar-refractivity contribution in [3.8, 4) is 17.2 Å². The summed E-state index contributed by atoms with van der Waals surface area (Å²) in [5.74, 6) is -0.0380. The summed E-state index contributed by atoms with van der Waals surface area (Å²) in [6.45, 7) is 0. The Morgan fingerprint density at radius 1 is 1.17 bits per heavy atom. The van der Waals surface area contributed by atoms with E-state index in [1.54, 1.807) is 0 Å². The van der Waals surface area contributed by atoms with E-state index in [1.807, 2.05) is 0 Å². The Hall–Kier alpha value is -3.09. The Morgan fingerprint density at radius 2 is 1.83 bits per heavy atom. The van der Waals surface area contributed by atoms with Crippen LogP contribution in [0.4, 0.5) is 5.69 Å². The number of phenols is 1. The van der Waals surface area contributed by atoms with Gasteiger partial charge in [-0.3, -0.25) is 14.9 Å². The van der Waals surface area contributed by atoms with Crippen molar-refractivity contribution in [1.82, 2.24) is 0 Å². The number of non-ortho nitro benzene ring substituents is 1. The maximum absolute atomic E-state index is 12.4. The summed E-state index contributed by atoms with van der Waals surface area (Å²) in [5, 5.41) is 20.7. The standard InChI is InChI=1S/C16H15NO6/c1-22-12-8-14(19)16(15(9-12)23-2)13(18)7-10-3-5-11(6-4-10)17(20)21/h3-6,8-9,19H,7H2,1-2H3. The first kappa shape index (κ1) is 16.3. The van der Waals surface area contributed by atoms with Gasteiger partial charge in [0.2, 0.25) is 0 Å². The fourth-order valence-electron chi connectivity index (χ4n) is 2.14. The maximum atomic E-state index is 12.4. The van der Waals surface area contributed by atoms with Crippen LogP contribution in [0.5, 0.6) is 17.2 Å². The van der Waals surface area contributed by atoms with Crippen LogP contribution in [0.25, 0.3) is 0 Å². The van der Waals surface area contributed by atoms with Gasteiger partial charge in [0.1, 0.15) is 22.8 Å². The molecule has 0 aromatic heterocycles. The molecule has 7 heteroatoms. The molecule has 0 aliphatic carbocycles. The van der Waals surface area contributed by atoms with Gasteiger partial charge in [0.25, 0.3) is 5.69 Å². The summed E-state index contributed by atoms with van der Waals surface area (Å²) in [5.41, 5.74) is 0.593. The Kier molecular flexibility index (Phi) is 4.80. The first-order valence-electron chi connectivity index (χ1n) is 6.67. The molecule has 120 valence electrons. The van der Waals surface area contributed by atoms with Crippen LogP contribution >= 0.6 is 0 Å². The third-order valence-electron chi connectivity index (χ3n) is 3.30. The number of nitrogens with zero attached hydrogens (tertiary/aromatic N) is 1. The van der Waals surface area contributed by atoms with Gasteiger partial charge in [-0.2, -0.15) is 0 Å². The number of Topliss-reactive ketones (excluding diaryl/α,β-unsaturated/α-hetero) is 1. The minimum Gasteiger partial charge on any atom is -0.507 e. The van der Waals surface area contributed by atoms with Crippen molar-refractivity contribution in [2.24, 2.45) is 0 Å². The van der Waals surface area contributed by atoms with E-state index in [4.69, 9.17) is 9.47 Å². The number of nitro benzene ring substituents is 1. The molecular weight excluding hydrogens is 302 g/mol. The van der Waals surface area contributed by atoms with E-state index in [1.165, 1.54) is 50.6 Å². The molecule has 0 fully saturated rings. The monoisotopic (exact) mass is 317 g/mol. The third-order valence-corrected chi connectivity index (χ3v) is 3.30. The van der Waals surface area contributed by atoms with Crippen molar-refractivity contribution in [3.05, 3.63) is 57.6 Å². The zero-order chi connectivity index (χ0) is 17.0. The molecule has 7 nitrogen and oxygen atoms in total. The Balaban J connectivity index is 2.28. The van der Waals surface area contributed by atoms with Crippen LogP contribution in [-0.2, 0) is 6.42 Å². The van der Waals surface area contributed by atoms with Gasteiger partial charge < -0.3 is 14.6 Å². The molecule has 0 aliphatic rings. The van der Waals surface area contributed by atoms with Crippen molar-refractivity contribution in [2.45, 2.75) is 6.42 Å². The molecule has 0 aliphatic heterocycles. The predicted octanol–water partition coefficient (Wildman–Crippen LogP) is 2.74. The van der Waals surface area contributed by atoms with Crippen LogP contribution in [0.2, 0.25) is 0 Å². The number of carbonyl (C=O) groups excluding carboxylic acids is 1. The van der Waals surface area contributed by atoms with Crippen LogP contribution in [0.1, 0.15) is 15.9 Å². The van der Waals surface area contributed by atoms with Crippen molar-refractivity contribution >= 4 is 11.5 Å². The summed E-state index contributed by atoms with van der Waals surface area (Å²) in [7, 11) is 2.82. The molecule has 23 heavy (non-hydrogen) atoms. The van der Waals surface area contributed by atoms with E-state index in [-0.39, 0.29) is 35.0 Å². The summed E-state index contributed by atoms with van der Waals surface area (Å²) in [6.07, 6.45) is -0.0196. The smallest absolute Gasteiger partial charge is 0.269 e. The number of benzene rings is 2. The number of carbonyl (C=O) groups is 1. The fourth-order valence-corrected chi connectivity index (χ4v) is 2.14. The van der Waals surface area contributed by atoms with Gasteiger partial charge in [0.05, 0.1) is 19.1 Å². The normalized spacial score (nSPS) is 10.2. The van der Waals surface area contributed by atoms with Gasteiger partial charge in [-0.25, -0.2) is 0 Å². The lowest BCUT2D eigenvalue weighted by Crippen LogP contribution is -2.07. The molecule has 0 spiro atoms. The van der Waals surface area contributed by atoms with E-state index in [2.05, 4.69) is 0 Å². The first-order valence-corrected chi connectivity index (χ1v) is 6.67. The Labute approximate surface area is 132 Å². The quantitative estimate of drug-likeness (QED) is 0.499. The van der Waals surface area contributed by atoms with Gasteiger partial charge in [-0.15, -0.1) is 0 Å². The number of rotatable bonds is 6.